The largest absolute Gasteiger partial charge is 0.481 e. The topological polar surface area (TPSA) is 188 Å². The molecule has 0 radical (unpaired) electrons. The quantitative estimate of drug-likeness (QED) is 0.213. The summed E-state index contributed by atoms with van der Waals surface area (Å²) >= 11 is 0. The minimum atomic E-state index is -1.68. The summed E-state index contributed by atoms with van der Waals surface area (Å²) in [6.07, 6.45) is -0.383. The molecule has 35 heavy (non-hydrogen) atoms. The van der Waals surface area contributed by atoms with Gasteiger partial charge in [-0.2, -0.15) is 0 Å². The van der Waals surface area contributed by atoms with Crippen LogP contribution in [-0.2, 0) is 30.4 Å². The average molecular weight is 493 g/mol. The average Bonchev–Trinajstić information content (AvgIpc) is 2.75. The molecular weight excluding hydrogens is 456 g/mol. The van der Waals surface area contributed by atoms with E-state index >= 15 is 0 Å². The third kappa shape index (κ3) is 10.6. The Morgan fingerprint density at radius 2 is 1.40 bits per heavy atom. The highest BCUT2D eigenvalue weighted by Gasteiger charge is 2.32. The fraction of sp³-hybridized carbons (Fsp3) is 0.542. The minimum Gasteiger partial charge on any atom is -0.481 e. The van der Waals surface area contributed by atoms with Crippen LogP contribution in [0.5, 0.6) is 0 Å². The zero-order chi connectivity index (χ0) is 26.7. The number of carboxylic acids is 2. The Morgan fingerprint density at radius 3 is 1.89 bits per heavy atom. The molecule has 3 amide bonds. The summed E-state index contributed by atoms with van der Waals surface area (Å²) in [5, 5.41) is 25.6. The number of aliphatic carboxylic acids is 2. The van der Waals surface area contributed by atoms with Crippen LogP contribution in [0.4, 0.5) is 0 Å². The van der Waals surface area contributed by atoms with Crippen LogP contribution < -0.4 is 21.7 Å². The predicted octanol–water partition coefficient (Wildman–Crippen LogP) is 0.272. The van der Waals surface area contributed by atoms with Crippen molar-refractivity contribution >= 4 is 29.7 Å². The fourth-order valence-corrected chi connectivity index (χ4v) is 3.38. The molecule has 11 heteroatoms. The van der Waals surface area contributed by atoms with Gasteiger partial charge in [0, 0.05) is 6.42 Å². The Labute approximate surface area is 204 Å². The fourth-order valence-electron chi connectivity index (χ4n) is 3.38. The van der Waals surface area contributed by atoms with Gasteiger partial charge in [-0.15, -0.1) is 0 Å². The zero-order valence-corrected chi connectivity index (χ0v) is 20.5. The molecule has 11 nitrogen and oxygen atoms in total. The van der Waals surface area contributed by atoms with Crippen molar-refractivity contribution in [1.82, 2.24) is 16.0 Å². The van der Waals surface area contributed by atoms with Gasteiger partial charge in [0.25, 0.3) is 0 Å². The van der Waals surface area contributed by atoms with Gasteiger partial charge in [-0.05, 0) is 23.8 Å². The first-order valence-corrected chi connectivity index (χ1v) is 11.5. The smallest absolute Gasteiger partial charge is 0.326 e. The van der Waals surface area contributed by atoms with Crippen LogP contribution in [0, 0.1) is 11.8 Å². The van der Waals surface area contributed by atoms with Gasteiger partial charge in [-0.3, -0.25) is 19.2 Å². The molecular formula is C24H36N4O7. The second kappa shape index (κ2) is 14.1. The summed E-state index contributed by atoms with van der Waals surface area (Å²) < 4.78 is 0. The number of amides is 3. The second-order valence-corrected chi connectivity index (χ2v) is 9.21. The Bertz CT molecular complexity index is 889. The molecule has 1 aromatic rings. The summed E-state index contributed by atoms with van der Waals surface area (Å²) in [5.74, 6) is -5.09. The van der Waals surface area contributed by atoms with E-state index in [9.17, 15) is 29.1 Å². The van der Waals surface area contributed by atoms with Crippen LogP contribution in [0.25, 0.3) is 0 Å². The molecule has 1 rings (SSSR count). The summed E-state index contributed by atoms with van der Waals surface area (Å²) in [5.41, 5.74) is 6.61. The molecule has 4 atom stereocenters. The Kier molecular flexibility index (Phi) is 11.9. The van der Waals surface area contributed by atoms with E-state index < -0.39 is 60.2 Å². The summed E-state index contributed by atoms with van der Waals surface area (Å²) in [7, 11) is 0. The highest BCUT2D eigenvalue weighted by atomic mass is 16.4. The highest BCUT2D eigenvalue weighted by molar-refractivity contribution is 5.94. The van der Waals surface area contributed by atoms with Crippen molar-refractivity contribution in [1.29, 1.82) is 0 Å². The normalized spacial score (nSPS) is 14.5. The van der Waals surface area contributed by atoms with Gasteiger partial charge in [-0.25, -0.2) is 4.79 Å². The molecule has 0 fully saturated rings. The van der Waals surface area contributed by atoms with Crippen molar-refractivity contribution in [3.05, 3.63) is 35.9 Å². The van der Waals surface area contributed by atoms with Crippen LogP contribution in [0.2, 0.25) is 0 Å². The number of nitrogens with one attached hydrogen (secondary N) is 3. The van der Waals surface area contributed by atoms with E-state index in [2.05, 4.69) is 16.0 Å². The third-order valence-electron chi connectivity index (χ3n) is 5.22. The SMILES string of the molecule is CC(C)CC(N)C(=O)NC(C(=O)NC(Cc1ccccc1)C(=O)NC(CC(=O)O)C(=O)O)C(C)C. The lowest BCUT2D eigenvalue weighted by Crippen LogP contribution is -2.59. The maximum atomic E-state index is 13.1. The van der Waals surface area contributed by atoms with Gasteiger partial charge in [0.2, 0.25) is 17.7 Å². The number of hydrogen-bond donors (Lipinski definition) is 6. The number of nitrogens with two attached hydrogens (primary N) is 1. The first-order chi connectivity index (χ1) is 16.3. The molecule has 1 aromatic carbocycles. The van der Waals surface area contributed by atoms with Gasteiger partial charge in [-0.1, -0.05) is 58.0 Å². The molecule has 0 aliphatic heterocycles. The second-order valence-electron chi connectivity index (χ2n) is 9.21. The van der Waals surface area contributed by atoms with Crippen LogP contribution >= 0.6 is 0 Å². The van der Waals surface area contributed by atoms with Crippen molar-refractivity contribution in [2.24, 2.45) is 17.6 Å². The lowest BCUT2D eigenvalue weighted by Gasteiger charge is -2.27. The number of carboxylic acid groups (broad SMARTS) is 2. The molecule has 0 heterocycles. The van der Waals surface area contributed by atoms with Crippen LogP contribution in [0.3, 0.4) is 0 Å². The standard InChI is InChI=1S/C24H36N4O7/c1-13(2)10-16(25)21(31)28-20(14(3)4)23(33)26-17(11-15-8-6-5-7-9-15)22(32)27-18(24(34)35)12-19(29)30/h5-9,13-14,16-18,20H,10-12,25H2,1-4H3,(H,26,33)(H,27,32)(H,28,31)(H,29,30)(H,34,35). The van der Waals surface area contributed by atoms with E-state index in [0.29, 0.717) is 12.0 Å². The van der Waals surface area contributed by atoms with Gasteiger partial charge in [0.1, 0.15) is 18.1 Å². The van der Waals surface area contributed by atoms with Gasteiger partial charge >= 0.3 is 11.9 Å². The van der Waals surface area contributed by atoms with E-state index in [1.54, 1.807) is 44.2 Å². The van der Waals surface area contributed by atoms with Gasteiger partial charge in [0.05, 0.1) is 12.5 Å². The Morgan fingerprint density at radius 1 is 0.829 bits per heavy atom. The maximum Gasteiger partial charge on any atom is 0.326 e. The first-order valence-electron chi connectivity index (χ1n) is 11.5. The lowest BCUT2D eigenvalue weighted by molar-refractivity contribution is -0.147. The van der Waals surface area contributed by atoms with E-state index in [0.717, 1.165) is 0 Å². The molecule has 4 unspecified atom stereocenters. The monoisotopic (exact) mass is 492 g/mol. The highest BCUT2D eigenvalue weighted by Crippen LogP contribution is 2.09. The molecule has 194 valence electrons. The molecule has 0 saturated heterocycles. The maximum absolute atomic E-state index is 13.1. The molecule has 0 aliphatic rings. The molecule has 0 bridgehead atoms. The molecule has 0 saturated carbocycles. The predicted molar refractivity (Wildman–Crippen MR) is 128 cm³/mol. The molecule has 7 N–H and O–H groups in total. The first kappa shape index (κ1) is 29.6. The third-order valence-corrected chi connectivity index (χ3v) is 5.22. The molecule has 0 spiro atoms. The van der Waals surface area contributed by atoms with Crippen LogP contribution in [0.1, 0.15) is 46.1 Å². The number of hydrogen-bond acceptors (Lipinski definition) is 6. The number of rotatable bonds is 14. The van der Waals surface area contributed by atoms with E-state index in [1.165, 1.54) is 0 Å². The van der Waals surface area contributed by atoms with Crippen LogP contribution in [-0.4, -0.2) is 64.0 Å². The minimum absolute atomic E-state index is 0.0173. The van der Waals surface area contributed by atoms with Crippen molar-refractivity contribution in [3.63, 3.8) is 0 Å². The summed E-state index contributed by atoms with van der Waals surface area (Å²) in [6, 6.07) is 4.01. The van der Waals surface area contributed by atoms with E-state index in [1.807, 2.05) is 13.8 Å². The van der Waals surface area contributed by atoms with Crippen molar-refractivity contribution in [2.45, 2.75) is 71.1 Å². The summed E-state index contributed by atoms with van der Waals surface area (Å²) in [6.45, 7) is 7.28. The lowest BCUT2D eigenvalue weighted by atomic mass is 9.99. The van der Waals surface area contributed by atoms with Crippen molar-refractivity contribution in [3.8, 4) is 0 Å². The Balaban J connectivity index is 3.09. The van der Waals surface area contributed by atoms with Crippen LogP contribution in [0.15, 0.2) is 30.3 Å². The summed E-state index contributed by atoms with van der Waals surface area (Å²) in [4.78, 5) is 61.0. The van der Waals surface area contributed by atoms with Crippen molar-refractivity contribution in [2.75, 3.05) is 0 Å². The number of carbonyl (C=O) groups is 5. The van der Waals surface area contributed by atoms with Crippen molar-refractivity contribution < 1.29 is 34.2 Å². The van der Waals surface area contributed by atoms with Gasteiger partial charge in [0.15, 0.2) is 0 Å². The molecule has 0 aliphatic carbocycles. The number of benzene rings is 1. The van der Waals surface area contributed by atoms with E-state index in [4.69, 9.17) is 10.8 Å². The Hall–Kier alpha value is -3.47. The molecule has 0 aromatic heterocycles. The van der Waals surface area contributed by atoms with E-state index in [-0.39, 0.29) is 18.3 Å². The zero-order valence-electron chi connectivity index (χ0n) is 20.5. The van der Waals surface area contributed by atoms with Gasteiger partial charge < -0.3 is 31.9 Å². The number of carbonyl (C=O) groups excluding carboxylic acids is 3.